The number of amides is 1. The summed E-state index contributed by atoms with van der Waals surface area (Å²) in [6, 6.07) is 5.97. The van der Waals surface area contributed by atoms with E-state index in [2.05, 4.69) is 40.6 Å². The summed E-state index contributed by atoms with van der Waals surface area (Å²) in [5.41, 5.74) is 3.95. The van der Waals surface area contributed by atoms with Crippen molar-refractivity contribution in [2.75, 3.05) is 6.61 Å². The first-order chi connectivity index (χ1) is 16.6. The molecule has 0 spiro atoms. The molecule has 2 N–H and O–H groups in total. The summed E-state index contributed by atoms with van der Waals surface area (Å²) < 4.78 is 8.06. The summed E-state index contributed by atoms with van der Waals surface area (Å²) in [7, 11) is 0. The van der Waals surface area contributed by atoms with Crippen molar-refractivity contribution in [1.29, 1.82) is 0 Å². The number of hydrogen-bond donors (Lipinski definition) is 2. The topological polar surface area (TPSA) is 106 Å². The molecule has 1 amide bonds. The molecule has 0 aromatic carbocycles. The van der Waals surface area contributed by atoms with Crippen LogP contribution in [0.15, 0.2) is 35.5 Å². The van der Waals surface area contributed by atoms with Gasteiger partial charge in [-0.05, 0) is 37.5 Å². The van der Waals surface area contributed by atoms with E-state index in [1.807, 2.05) is 31.3 Å². The van der Waals surface area contributed by atoms with Gasteiger partial charge in [0.1, 0.15) is 6.61 Å². The maximum atomic E-state index is 11.5. The Morgan fingerprint density at radius 3 is 2.77 bits per heavy atom. The molecule has 1 saturated heterocycles. The SMILES string of the molecule is Cc1cc(Cn2c(CCC(=O)O)c(SC(C)(C)C)c3cc(OCC4CCC(=O)N4)ncc32)ccn1. The van der Waals surface area contributed by atoms with Gasteiger partial charge >= 0.3 is 5.97 Å². The maximum absolute atomic E-state index is 11.5. The number of carboxylic acids is 1. The lowest BCUT2D eigenvalue weighted by molar-refractivity contribution is -0.137. The van der Waals surface area contributed by atoms with Crippen LogP contribution >= 0.6 is 11.8 Å². The standard InChI is InChI=1S/C26H32N4O4S/c1-16-11-17(9-10-27-16)14-30-20(6-8-24(32)33)25(35-26(2,3)4)19-12-23(28-13-21(19)30)34-15-18-5-7-22(31)29-18/h9-13,18H,5-8,14-15H2,1-4H3,(H,29,31)(H,32,33). The molecule has 4 heterocycles. The van der Waals surface area contributed by atoms with E-state index in [4.69, 9.17) is 4.74 Å². The second-order valence-electron chi connectivity index (χ2n) is 9.93. The molecule has 0 saturated carbocycles. The van der Waals surface area contributed by atoms with Crippen molar-refractivity contribution in [3.05, 3.63) is 47.5 Å². The van der Waals surface area contributed by atoms with Crippen LogP contribution in [0.5, 0.6) is 5.88 Å². The van der Waals surface area contributed by atoms with Crippen LogP contribution in [0.2, 0.25) is 0 Å². The number of fused-ring (bicyclic) bond motifs is 1. The minimum atomic E-state index is -0.825. The normalized spacial score (nSPS) is 16.0. The highest BCUT2D eigenvalue weighted by molar-refractivity contribution is 8.00. The summed E-state index contributed by atoms with van der Waals surface area (Å²) in [6.07, 6.45) is 5.34. The highest BCUT2D eigenvalue weighted by Gasteiger charge is 2.25. The summed E-state index contributed by atoms with van der Waals surface area (Å²) in [6.45, 7) is 9.37. The van der Waals surface area contributed by atoms with Crippen molar-refractivity contribution >= 4 is 34.5 Å². The second-order valence-corrected chi connectivity index (χ2v) is 11.8. The Labute approximate surface area is 209 Å². The third-order valence-corrected chi connectivity index (χ3v) is 7.06. The average molecular weight is 497 g/mol. The Kier molecular flexibility index (Phi) is 7.35. The smallest absolute Gasteiger partial charge is 0.303 e. The number of aryl methyl sites for hydroxylation is 1. The predicted molar refractivity (Wildman–Crippen MR) is 136 cm³/mol. The fourth-order valence-corrected chi connectivity index (χ4v) is 5.49. The van der Waals surface area contributed by atoms with Crippen molar-refractivity contribution < 1.29 is 19.4 Å². The van der Waals surface area contributed by atoms with E-state index in [1.165, 1.54) is 0 Å². The van der Waals surface area contributed by atoms with Gasteiger partial charge in [-0.2, -0.15) is 0 Å². The largest absolute Gasteiger partial charge is 0.481 e. The minimum absolute atomic E-state index is 0.00549. The van der Waals surface area contributed by atoms with Crippen molar-refractivity contribution in [1.82, 2.24) is 19.9 Å². The first-order valence-corrected chi connectivity index (χ1v) is 12.7. The van der Waals surface area contributed by atoms with Gasteiger partial charge in [0.15, 0.2) is 0 Å². The van der Waals surface area contributed by atoms with Crippen LogP contribution in [0.25, 0.3) is 10.9 Å². The van der Waals surface area contributed by atoms with Gasteiger partial charge in [-0.25, -0.2) is 4.98 Å². The number of nitrogens with one attached hydrogen (secondary N) is 1. The number of carboxylic acid groups (broad SMARTS) is 1. The van der Waals surface area contributed by atoms with Gasteiger partial charge in [0.25, 0.3) is 0 Å². The van der Waals surface area contributed by atoms with Crippen LogP contribution in [-0.2, 0) is 22.6 Å². The molecule has 1 aliphatic rings. The molecular weight excluding hydrogens is 464 g/mol. The van der Waals surface area contributed by atoms with Crippen molar-refractivity contribution in [3.63, 3.8) is 0 Å². The third kappa shape index (κ3) is 6.33. The lowest BCUT2D eigenvalue weighted by atomic mass is 10.2. The van der Waals surface area contributed by atoms with E-state index >= 15 is 0 Å². The number of carbonyl (C=O) groups is 2. The fourth-order valence-electron chi connectivity index (χ4n) is 4.28. The first kappa shape index (κ1) is 25.0. The molecule has 1 unspecified atom stereocenters. The number of hydrogen-bond acceptors (Lipinski definition) is 6. The number of ether oxygens (including phenoxy) is 1. The predicted octanol–water partition coefficient (Wildman–Crippen LogP) is 4.35. The highest BCUT2D eigenvalue weighted by Crippen LogP contribution is 2.42. The maximum Gasteiger partial charge on any atom is 0.303 e. The van der Waals surface area contributed by atoms with E-state index in [9.17, 15) is 14.7 Å². The number of nitrogens with zero attached hydrogens (tertiary/aromatic N) is 3. The third-order valence-electron chi connectivity index (χ3n) is 5.78. The van der Waals surface area contributed by atoms with Gasteiger partial charge in [-0.3, -0.25) is 14.6 Å². The van der Waals surface area contributed by atoms with Crippen LogP contribution in [0, 0.1) is 6.92 Å². The van der Waals surface area contributed by atoms with Gasteiger partial charge in [-0.1, -0.05) is 20.8 Å². The molecule has 3 aromatic heterocycles. The van der Waals surface area contributed by atoms with Crippen LogP contribution < -0.4 is 10.1 Å². The second kappa shape index (κ2) is 10.3. The van der Waals surface area contributed by atoms with E-state index < -0.39 is 5.97 Å². The molecule has 9 heteroatoms. The molecule has 186 valence electrons. The Bertz CT molecular complexity index is 1250. The Hall–Kier alpha value is -3.07. The van der Waals surface area contributed by atoms with Crippen LogP contribution in [0.3, 0.4) is 0 Å². The molecule has 3 aromatic rings. The lowest BCUT2D eigenvalue weighted by Crippen LogP contribution is -2.30. The molecule has 0 bridgehead atoms. The molecule has 8 nitrogen and oxygen atoms in total. The van der Waals surface area contributed by atoms with E-state index in [0.717, 1.165) is 39.2 Å². The average Bonchev–Trinajstić information content (AvgIpc) is 3.31. The molecule has 1 fully saturated rings. The lowest BCUT2D eigenvalue weighted by Gasteiger charge is -2.19. The van der Waals surface area contributed by atoms with Gasteiger partial charge in [0.05, 0.1) is 24.2 Å². The summed E-state index contributed by atoms with van der Waals surface area (Å²) >= 11 is 1.73. The number of aromatic nitrogens is 3. The zero-order valence-corrected chi connectivity index (χ0v) is 21.4. The minimum Gasteiger partial charge on any atom is -0.481 e. The van der Waals surface area contributed by atoms with Gasteiger partial charge in [-0.15, -0.1) is 11.8 Å². The quantitative estimate of drug-likeness (QED) is 0.424. The Morgan fingerprint density at radius 2 is 2.11 bits per heavy atom. The molecule has 0 aliphatic carbocycles. The number of rotatable bonds is 9. The molecule has 1 atom stereocenters. The Morgan fingerprint density at radius 1 is 1.31 bits per heavy atom. The van der Waals surface area contributed by atoms with Crippen LogP contribution in [0.4, 0.5) is 0 Å². The van der Waals surface area contributed by atoms with Crippen molar-refractivity contribution in [2.45, 2.75) is 75.6 Å². The number of thioether (sulfide) groups is 1. The zero-order chi connectivity index (χ0) is 25.2. The monoisotopic (exact) mass is 496 g/mol. The summed E-state index contributed by atoms with van der Waals surface area (Å²) in [5, 5.41) is 13.4. The van der Waals surface area contributed by atoms with E-state index in [0.29, 0.717) is 31.9 Å². The molecule has 1 aliphatic heterocycles. The van der Waals surface area contributed by atoms with Crippen LogP contribution in [0.1, 0.15) is 57.0 Å². The molecule has 4 rings (SSSR count). The molecule has 35 heavy (non-hydrogen) atoms. The summed E-state index contributed by atoms with van der Waals surface area (Å²) in [5.74, 6) is -0.275. The first-order valence-electron chi connectivity index (χ1n) is 11.8. The van der Waals surface area contributed by atoms with Crippen molar-refractivity contribution in [2.24, 2.45) is 0 Å². The number of aliphatic carboxylic acids is 1. The zero-order valence-electron chi connectivity index (χ0n) is 20.6. The van der Waals surface area contributed by atoms with Gasteiger partial charge < -0.3 is 19.7 Å². The van der Waals surface area contributed by atoms with E-state index in [1.54, 1.807) is 18.0 Å². The number of pyridine rings is 2. The van der Waals surface area contributed by atoms with E-state index in [-0.39, 0.29) is 23.1 Å². The molecule has 0 radical (unpaired) electrons. The Balaban J connectivity index is 1.77. The van der Waals surface area contributed by atoms with Crippen LogP contribution in [-0.4, -0.2) is 48.9 Å². The molecular formula is C26H32N4O4S. The van der Waals surface area contributed by atoms with Gasteiger partial charge in [0.2, 0.25) is 11.8 Å². The summed E-state index contributed by atoms with van der Waals surface area (Å²) in [4.78, 5) is 32.9. The fraction of sp³-hybridized carbons (Fsp3) is 0.462. The van der Waals surface area contributed by atoms with Crippen molar-refractivity contribution in [3.8, 4) is 5.88 Å². The van der Waals surface area contributed by atoms with Gasteiger partial charge in [0, 0.05) is 51.6 Å². The number of carbonyl (C=O) groups excluding carboxylic acids is 1. The highest BCUT2D eigenvalue weighted by atomic mass is 32.2.